The Morgan fingerprint density at radius 3 is 2.94 bits per heavy atom. The van der Waals surface area contributed by atoms with Crippen LogP contribution in [0.1, 0.15) is 39.0 Å². The third-order valence-electron chi connectivity index (χ3n) is 3.73. The molecule has 2 fully saturated rings. The maximum Gasteiger partial charge on any atom is 0.307 e. The van der Waals surface area contributed by atoms with E-state index >= 15 is 0 Å². The maximum absolute atomic E-state index is 12.0. The van der Waals surface area contributed by atoms with Crippen LogP contribution in [0.3, 0.4) is 0 Å². The fraction of sp³-hybridized carbons (Fsp3) is 0.833. The van der Waals surface area contributed by atoms with E-state index in [2.05, 4.69) is 6.92 Å². The number of carboxylic acids is 1. The van der Waals surface area contributed by atoms with Crippen molar-refractivity contribution in [2.24, 2.45) is 11.8 Å². The number of hydrogen-bond acceptors (Lipinski definition) is 3. The summed E-state index contributed by atoms with van der Waals surface area (Å²) in [6.07, 6.45) is 3.91. The molecule has 3 atom stereocenters. The SMILES string of the molecule is CCCCON1C(=O)C2C[C@@H]1CC[C@H]2C(=O)O. The molecule has 1 unspecified atom stereocenters. The first-order chi connectivity index (χ1) is 8.15. The van der Waals surface area contributed by atoms with Gasteiger partial charge in [-0.25, -0.2) is 5.06 Å². The summed E-state index contributed by atoms with van der Waals surface area (Å²) in [6.45, 7) is 2.61. The summed E-state index contributed by atoms with van der Waals surface area (Å²) < 4.78 is 0. The number of hydroxylamine groups is 2. The molecule has 17 heavy (non-hydrogen) atoms. The van der Waals surface area contributed by atoms with E-state index < -0.39 is 11.9 Å². The monoisotopic (exact) mass is 241 g/mol. The molecule has 1 saturated carbocycles. The summed E-state index contributed by atoms with van der Waals surface area (Å²) in [5.41, 5.74) is 0. The minimum atomic E-state index is -0.850. The highest BCUT2D eigenvalue weighted by Crippen LogP contribution is 2.40. The second kappa shape index (κ2) is 5.04. The van der Waals surface area contributed by atoms with Crippen molar-refractivity contribution in [2.45, 2.75) is 45.1 Å². The maximum atomic E-state index is 12.0. The molecule has 1 aliphatic carbocycles. The van der Waals surface area contributed by atoms with Gasteiger partial charge < -0.3 is 5.11 Å². The van der Waals surface area contributed by atoms with Gasteiger partial charge >= 0.3 is 5.97 Å². The van der Waals surface area contributed by atoms with Crippen LogP contribution in [0.4, 0.5) is 0 Å². The van der Waals surface area contributed by atoms with Crippen molar-refractivity contribution in [2.75, 3.05) is 6.61 Å². The van der Waals surface area contributed by atoms with Gasteiger partial charge in [0.1, 0.15) is 0 Å². The predicted octanol–water partition coefficient (Wildman–Crippen LogP) is 1.43. The number of hydrogen-bond donors (Lipinski definition) is 1. The number of fused-ring (bicyclic) bond motifs is 2. The Morgan fingerprint density at radius 1 is 1.53 bits per heavy atom. The highest BCUT2D eigenvalue weighted by molar-refractivity contribution is 5.86. The van der Waals surface area contributed by atoms with Crippen LogP contribution >= 0.6 is 0 Å². The average Bonchev–Trinajstić information content (AvgIpc) is 2.54. The molecule has 5 nitrogen and oxygen atoms in total. The lowest BCUT2D eigenvalue weighted by molar-refractivity contribution is -0.190. The Balaban J connectivity index is 1.99. The van der Waals surface area contributed by atoms with Gasteiger partial charge in [0.15, 0.2) is 0 Å². The zero-order valence-electron chi connectivity index (χ0n) is 10.1. The van der Waals surface area contributed by atoms with Crippen LogP contribution in [-0.2, 0) is 14.4 Å². The van der Waals surface area contributed by atoms with Crippen LogP contribution in [0, 0.1) is 11.8 Å². The van der Waals surface area contributed by atoms with Gasteiger partial charge in [-0.15, -0.1) is 0 Å². The number of carbonyl (C=O) groups is 2. The molecule has 1 N–H and O–H groups in total. The zero-order chi connectivity index (χ0) is 12.4. The molecule has 2 rings (SSSR count). The molecular formula is C12H19NO4. The molecule has 0 aromatic carbocycles. The minimum Gasteiger partial charge on any atom is -0.481 e. The van der Waals surface area contributed by atoms with Gasteiger partial charge in [0.2, 0.25) is 5.91 Å². The van der Waals surface area contributed by atoms with E-state index in [9.17, 15) is 9.59 Å². The van der Waals surface area contributed by atoms with E-state index in [1.165, 1.54) is 5.06 Å². The Labute approximate surface area is 101 Å². The summed E-state index contributed by atoms with van der Waals surface area (Å²) in [5.74, 6) is -1.86. The molecule has 1 saturated heterocycles. The predicted molar refractivity (Wildman–Crippen MR) is 60.0 cm³/mol. The van der Waals surface area contributed by atoms with Crippen molar-refractivity contribution < 1.29 is 19.5 Å². The van der Waals surface area contributed by atoms with Crippen LogP contribution in [0.15, 0.2) is 0 Å². The molecule has 96 valence electrons. The van der Waals surface area contributed by atoms with Crippen molar-refractivity contribution in [1.82, 2.24) is 5.06 Å². The average molecular weight is 241 g/mol. The number of carbonyl (C=O) groups excluding carboxylic acids is 1. The van der Waals surface area contributed by atoms with E-state index in [0.29, 0.717) is 19.4 Å². The Hall–Kier alpha value is -1.10. The highest BCUT2D eigenvalue weighted by Gasteiger charge is 2.50. The first-order valence-electron chi connectivity index (χ1n) is 6.34. The second-order valence-corrected chi connectivity index (χ2v) is 4.87. The van der Waals surface area contributed by atoms with Gasteiger partial charge in [-0.1, -0.05) is 13.3 Å². The number of amides is 1. The first kappa shape index (κ1) is 12.4. The van der Waals surface area contributed by atoms with Gasteiger partial charge in [0, 0.05) is 0 Å². The molecule has 1 heterocycles. The summed E-state index contributed by atoms with van der Waals surface area (Å²) in [6, 6.07) is 0.0972. The largest absolute Gasteiger partial charge is 0.481 e. The van der Waals surface area contributed by atoms with E-state index in [0.717, 1.165) is 19.3 Å². The molecule has 0 aromatic rings. The molecule has 1 amide bonds. The van der Waals surface area contributed by atoms with Crippen LogP contribution in [-0.4, -0.2) is 34.7 Å². The lowest BCUT2D eigenvalue weighted by Crippen LogP contribution is -2.33. The van der Waals surface area contributed by atoms with Crippen molar-refractivity contribution in [1.29, 1.82) is 0 Å². The number of aliphatic carboxylic acids is 1. The van der Waals surface area contributed by atoms with Gasteiger partial charge in [-0.3, -0.25) is 14.4 Å². The smallest absolute Gasteiger partial charge is 0.307 e. The second-order valence-electron chi connectivity index (χ2n) is 4.87. The zero-order valence-corrected chi connectivity index (χ0v) is 10.1. The quantitative estimate of drug-likeness (QED) is 0.739. The van der Waals surface area contributed by atoms with Gasteiger partial charge in [-0.2, -0.15) is 0 Å². The van der Waals surface area contributed by atoms with E-state index in [1.54, 1.807) is 0 Å². The van der Waals surface area contributed by atoms with Crippen molar-refractivity contribution >= 4 is 11.9 Å². The fourth-order valence-electron chi connectivity index (χ4n) is 2.75. The van der Waals surface area contributed by atoms with Gasteiger partial charge in [0.05, 0.1) is 24.5 Å². The van der Waals surface area contributed by atoms with Crippen molar-refractivity contribution in [3.05, 3.63) is 0 Å². The minimum absolute atomic E-state index is 0.0972. The molecular weight excluding hydrogens is 222 g/mol. The number of unbranched alkanes of at least 4 members (excludes halogenated alkanes) is 1. The fourth-order valence-corrected chi connectivity index (χ4v) is 2.75. The highest BCUT2D eigenvalue weighted by atomic mass is 16.7. The molecule has 5 heteroatoms. The van der Waals surface area contributed by atoms with Gasteiger partial charge in [0.25, 0.3) is 0 Å². The van der Waals surface area contributed by atoms with Crippen LogP contribution in [0.5, 0.6) is 0 Å². The summed E-state index contributed by atoms with van der Waals surface area (Å²) >= 11 is 0. The molecule has 0 aromatic heterocycles. The van der Waals surface area contributed by atoms with Gasteiger partial charge in [-0.05, 0) is 25.7 Å². The Bertz CT molecular complexity index is 318. The van der Waals surface area contributed by atoms with Crippen molar-refractivity contribution in [3.8, 4) is 0 Å². The van der Waals surface area contributed by atoms with Crippen molar-refractivity contribution in [3.63, 3.8) is 0 Å². The summed E-state index contributed by atoms with van der Waals surface area (Å²) in [5, 5.41) is 10.5. The third-order valence-corrected chi connectivity index (χ3v) is 3.73. The first-order valence-corrected chi connectivity index (χ1v) is 6.34. The van der Waals surface area contributed by atoms with Crippen LogP contribution in [0.2, 0.25) is 0 Å². The van der Waals surface area contributed by atoms with Crippen LogP contribution in [0.25, 0.3) is 0 Å². The third kappa shape index (κ3) is 2.29. The van der Waals surface area contributed by atoms with E-state index in [-0.39, 0.29) is 17.9 Å². The molecule has 2 bridgehead atoms. The Kier molecular flexibility index (Phi) is 3.66. The van der Waals surface area contributed by atoms with E-state index in [4.69, 9.17) is 9.94 Å². The number of carboxylic acid groups (broad SMARTS) is 1. The number of rotatable bonds is 5. The topological polar surface area (TPSA) is 66.8 Å². The molecule has 2 aliphatic rings. The lowest BCUT2D eigenvalue weighted by atomic mass is 9.80. The Morgan fingerprint density at radius 2 is 2.29 bits per heavy atom. The summed E-state index contributed by atoms with van der Waals surface area (Å²) in [4.78, 5) is 28.6. The lowest BCUT2D eigenvalue weighted by Gasteiger charge is -2.24. The van der Waals surface area contributed by atoms with E-state index in [1.807, 2.05) is 0 Å². The number of nitrogens with zero attached hydrogens (tertiary/aromatic N) is 1. The normalized spacial score (nSPS) is 31.9. The molecule has 0 radical (unpaired) electrons. The molecule has 0 spiro atoms. The standard InChI is InChI=1S/C12H19NO4/c1-2-3-6-17-13-8-4-5-9(12(15)16)10(7-8)11(13)14/h8-10H,2-7H2,1H3,(H,15,16)/t8-,9+,10?/m0/s1. The molecule has 1 aliphatic heterocycles. The summed E-state index contributed by atoms with van der Waals surface area (Å²) in [7, 11) is 0. The van der Waals surface area contributed by atoms with Crippen LogP contribution < -0.4 is 0 Å².